The summed E-state index contributed by atoms with van der Waals surface area (Å²) >= 11 is 0. The van der Waals surface area contributed by atoms with Gasteiger partial charge in [0.2, 0.25) is 11.8 Å². The molecule has 2 amide bonds. The lowest BCUT2D eigenvalue weighted by molar-refractivity contribution is -0.139. The molecule has 1 aliphatic heterocycles. The molecule has 0 spiro atoms. The molecule has 2 fully saturated rings. The number of methoxy groups -OCH3 is 1. The van der Waals surface area contributed by atoms with Crippen LogP contribution in [0.3, 0.4) is 0 Å². The maximum Gasteiger partial charge on any atom is 0.247 e. The Morgan fingerprint density at radius 3 is 2.55 bits per heavy atom. The van der Waals surface area contributed by atoms with Crippen molar-refractivity contribution in [3.05, 3.63) is 29.8 Å². The van der Waals surface area contributed by atoms with Crippen molar-refractivity contribution >= 4 is 11.8 Å². The third-order valence-electron chi connectivity index (χ3n) is 3.81. The summed E-state index contributed by atoms with van der Waals surface area (Å²) in [5, 5.41) is 3.18. The van der Waals surface area contributed by atoms with Gasteiger partial charge in [0.1, 0.15) is 5.75 Å². The van der Waals surface area contributed by atoms with Gasteiger partial charge < -0.3 is 10.1 Å². The van der Waals surface area contributed by atoms with E-state index in [1.54, 1.807) is 7.11 Å². The Morgan fingerprint density at radius 1 is 1.25 bits per heavy atom. The van der Waals surface area contributed by atoms with Crippen LogP contribution in [-0.2, 0) is 16.1 Å². The highest BCUT2D eigenvalue weighted by Crippen LogP contribution is 2.31. The SMILES string of the molecule is COc1ccc(CNC2CC(=O)N(C3CC3)C2=O)cc1. The number of carbonyl (C=O) groups excluding carboxylic acids is 2. The van der Waals surface area contributed by atoms with Crippen molar-refractivity contribution in [1.29, 1.82) is 0 Å². The van der Waals surface area contributed by atoms with Gasteiger partial charge in [-0.3, -0.25) is 14.5 Å². The van der Waals surface area contributed by atoms with Crippen molar-refractivity contribution in [2.45, 2.75) is 37.9 Å². The average Bonchev–Trinajstić information content (AvgIpc) is 3.24. The van der Waals surface area contributed by atoms with Crippen LogP contribution in [0.4, 0.5) is 0 Å². The van der Waals surface area contributed by atoms with Crippen molar-refractivity contribution in [2.24, 2.45) is 0 Å². The molecule has 1 saturated heterocycles. The van der Waals surface area contributed by atoms with Crippen molar-refractivity contribution in [1.82, 2.24) is 10.2 Å². The van der Waals surface area contributed by atoms with E-state index >= 15 is 0 Å². The van der Waals surface area contributed by atoms with Crippen molar-refractivity contribution in [3.8, 4) is 5.75 Å². The van der Waals surface area contributed by atoms with E-state index in [1.165, 1.54) is 4.90 Å². The Bertz CT molecular complexity index is 522. The molecule has 106 valence electrons. The summed E-state index contributed by atoms with van der Waals surface area (Å²) in [4.78, 5) is 25.4. The van der Waals surface area contributed by atoms with Crippen LogP contribution in [0, 0.1) is 0 Å². The van der Waals surface area contributed by atoms with E-state index < -0.39 is 0 Å². The number of rotatable bonds is 5. The van der Waals surface area contributed by atoms with Crippen molar-refractivity contribution < 1.29 is 14.3 Å². The average molecular weight is 274 g/mol. The Kier molecular flexibility index (Phi) is 3.44. The van der Waals surface area contributed by atoms with Crippen molar-refractivity contribution in [3.63, 3.8) is 0 Å². The summed E-state index contributed by atoms with van der Waals surface area (Å²) < 4.78 is 5.10. The minimum atomic E-state index is -0.370. The van der Waals surface area contributed by atoms with Gasteiger partial charge in [0, 0.05) is 12.6 Å². The number of nitrogens with zero attached hydrogens (tertiary/aromatic N) is 1. The Labute approximate surface area is 117 Å². The van der Waals surface area contributed by atoms with E-state index in [0.29, 0.717) is 6.54 Å². The van der Waals surface area contributed by atoms with Gasteiger partial charge in [0.15, 0.2) is 0 Å². The number of imide groups is 1. The molecule has 5 nitrogen and oxygen atoms in total. The first kappa shape index (κ1) is 13.1. The van der Waals surface area contributed by atoms with Gasteiger partial charge in [-0.2, -0.15) is 0 Å². The molecule has 1 aromatic rings. The lowest BCUT2D eigenvalue weighted by Crippen LogP contribution is -2.39. The number of benzene rings is 1. The molecule has 20 heavy (non-hydrogen) atoms. The van der Waals surface area contributed by atoms with Crippen LogP contribution in [0.2, 0.25) is 0 Å². The lowest BCUT2D eigenvalue weighted by Gasteiger charge is -2.14. The zero-order chi connectivity index (χ0) is 14.1. The molecule has 1 heterocycles. The van der Waals surface area contributed by atoms with E-state index in [9.17, 15) is 9.59 Å². The highest BCUT2D eigenvalue weighted by atomic mass is 16.5. The van der Waals surface area contributed by atoms with Crippen LogP contribution in [0.15, 0.2) is 24.3 Å². The van der Waals surface area contributed by atoms with Crippen LogP contribution >= 0.6 is 0 Å². The molecule has 5 heteroatoms. The second kappa shape index (κ2) is 5.25. The molecule has 0 bridgehead atoms. The third kappa shape index (κ3) is 2.54. The van der Waals surface area contributed by atoms with Gasteiger partial charge in [0.25, 0.3) is 0 Å². The molecule has 0 aromatic heterocycles. The summed E-state index contributed by atoms with van der Waals surface area (Å²) in [5.74, 6) is 0.705. The first-order chi connectivity index (χ1) is 9.69. The predicted octanol–water partition coefficient (Wildman–Crippen LogP) is 1.07. The van der Waals surface area contributed by atoms with Gasteiger partial charge in [0.05, 0.1) is 19.6 Å². The Morgan fingerprint density at radius 2 is 1.95 bits per heavy atom. The number of nitrogens with one attached hydrogen (secondary N) is 1. The molecular formula is C15H18N2O3. The molecule has 1 aromatic carbocycles. The fourth-order valence-corrected chi connectivity index (χ4v) is 2.51. The van der Waals surface area contributed by atoms with Gasteiger partial charge >= 0.3 is 0 Å². The Balaban J connectivity index is 1.58. The van der Waals surface area contributed by atoms with Crippen LogP contribution in [0.5, 0.6) is 5.75 Å². The molecular weight excluding hydrogens is 256 g/mol. The van der Waals surface area contributed by atoms with E-state index in [4.69, 9.17) is 4.74 Å². The molecule has 3 rings (SSSR count). The largest absolute Gasteiger partial charge is 0.497 e. The molecule has 1 aliphatic carbocycles. The third-order valence-corrected chi connectivity index (χ3v) is 3.81. The summed E-state index contributed by atoms with van der Waals surface area (Å²) in [7, 11) is 1.63. The van der Waals surface area contributed by atoms with E-state index in [2.05, 4.69) is 5.32 Å². The van der Waals surface area contributed by atoms with Crippen LogP contribution in [-0.4, -0.2) is 35.9 Å². The zero-order valence-electron chi connectivity index (χ0n) is 11.5. The number of likely N-dealkylation sites (tertiary alicyclic amines) is 1. The fourth-order valence-electron chi connectivity index (χ4n) is 2.51. The lowest BCUT2D eigenvalue weighted by atomic mass is 10.2. The number of hydrogen-bond acceptors (Lipinski definition) is 4. The van der Waals surface area contributed by atoms with Crippen LogP contribution in [0.25, 0.3) is 0 Å². The standard InChI is InChI=1S/C15H18N2O3/c1-20-12-6-2-10(3-7-12)9-16-13-8-14(18)17(15(13)19)11-4-5-11/h2-3,6-7,11,13,16H,4-5,8-9H2,1H3. The van der Waals surface area contributed by atoms with Crippen LogP contribution in [0.1, 0.15) is 24.8 Å². The summed E-state index contributed by atoms with van der Waals surface area (Å²) in [6.45, 7) is 0.576. The smallest absolute Gasteiger partial charge is 0.247 e. The first-order valence-electron chi connectivity index (χ1n) is 6.91. The normalized spacial score (nSPS) is 22.4. The first-order valence-corrected chi connectivity index (χ1v) is 6.91. The number of hydrogen-bond donors (Lipinski definition) is 1. The van der Waals surface area contributed by atoms with Gasteiger partial charge in [-0.1, -0.05) is 12.1 Å². The number of carbonyl (C=O) groups is 2. The highest BCUT2D eigenvalue weighted by Gasteiger charge is 2.45. The van der Waals surface area contributed by atoms with E-state index in [-0.39, 0.29) is 30.3 Å². The fraction of sp³-hybridized carbons (Fsp3) is 0.467. The second-order valence-electron chi connectivity index (χ2n) is 5.32. The molecule has 1 atom stereocenters. The zero-order valence-corrected chi connectivity index (χ0v) is 11.5. The topological polar surface area (TPSA) is 58.6 Å². The van der Waals surface area contributed by atoms with Gasteiger partial charge in [-0.05, 0) is 30.5 Å². The molecule has 1 saturated carbocycles. The maximum absolute atomic E-state index is 12.1. The second-order valence-corrected chi connectivity index (χ2v) is 5.32. The minimum absolute atomic E-state index is 0.0373. The van der Waals surface area contributed by atoms with Gasteiger partial charge in [-0.25, -0.2) is 0 Å². The minimum Gasteiger partial charge on any atom is -0.497 e. The summed E-state index contributed by atoms with van der Waals surface area (Å²) in [6.07, 6.45) is 2.21. The van der Waals surface area contributed by atoms with Crippen LogP contribution < -0.4 is 10.1 Å². The highest BCUT2D eigenvalue weighted by molar-refractivity contribution is 6.06. The number of amides is 2. The number of ether oxygens (including phenoxy) is 1. The monoisotopic (exact) mass is 274 g/mol. The quantitative estimate of drug-likeness (QED) is 0.816. The molecule has 0 radical (unpaired) electrons. The Hall–Kier alpha value is -1.88. The summed E-state index contributed by atoms with van der Waals surface area (Å²) in [6, 6.07) is 7.47. The predicted molar refractivity (Wildman–Crippen MR) is 73.1 cm³/mol. The van der Waals surface area contributed by atoms with E-state index in [0.717, 1.165) is 24.2 Å². The summed E-state index contributed by atoms with van der Waals surface area (Å²) in [5.41, 5.74) is 1.07. The molecule has 1 N–H and O–H groups in total. The molecule has 1 unspecified atom stereocenters. The van der Waals surface area contributed by atoms with E-state index in [1.807, 2.05) is 24.3 Å². The van der Waals surface area contributed by atoms with Gasteiger partial charge in [-0.15, -0.1) is 0 Å². The molecule has 2 aliphatic rings. The van der Waals surface area contributed by atoms with Crippen molar-refractivity contribution in [2.75, 3.05) is 7.11 Å². The maximum atomic E-state index is 12.1.